The number of nitrogens with zero attached hydrogens (tertiary/aromatic N) is 2. The fraction of sp³-hybridized carbons (Fsp3) is 0.150. The van der Waals surface area contributed by atoms with E-state index < -0.39 is 0 Å². The second kappa shape index (κ2) is 9.24. The summed E-state index contributed by atoms with van der Waals surface area (Å²) in [6.07, 6.45) is 0.698. The quantitative estimate of drug-likeness (QED) is 0.571. The second-order valence-electron chi connectivity index (χ2n) is 6.07. The first-order chi connectivity index (χ1) is 13.4. The summed E-state index contributed by atoms with van der Waals surface area (Å²) in [6, 6.07) is 15.2. The number of hydrogen-bond acceptors (Lipinski definition) is 3. The van der Waals surface area contributed by atoms with Crippen molar-refractivity contribution in [1.29, 1.82) is 0 Å². The number of hydrogen-bond donors (Lipinski definition) is 1. The van der Waals surface area contributed by atoms with Crippen molar-refractivity contribution in [3.05, 3.63) is 80.0 Å². The molecule has 8 heteroatoms. The summed E-state index contributed by atoms with van der Waals surface area (Å²) in [5, 5.41) is 8.54. The average molecular weight is 437 g/mol. The number of carbonyl (C=O) groups is 1. The van der Waals surface area contributed by atoms with Crippen molar-refractivity contribution < 1.29 is 4.79 Å². The molecule has 1 heterocycles. The van der Waals surface area contributed by atoms with Crippen LogP contribution in [0.1, 0.15) is 12.8 Å². The lowest BCUT2D eigenvalue weighted by molar-refractivity contribution is -0.116. The predicted octanol–water partition coefficient (Wildman–Crippen LogP) is 5.29. The molecule has 28 heavy (non-hydrogen) atoms. The Labute approximate surface area is 176 Å². The molecule has 5 nitrogen and oxygen atoms in total. The topological polar surface area (TPSA) is 64.0 Å². The van der Waals surface area contributed by atoms with Crippen molar-refractivity contribution in [2.24, 2.45) is 0 Å². The molecule has 0 aliphatic carbocycles. The largest absolute Gasteiger partial charge is 0.326 e. The molecule has 0 unspecified atom stereocenters. The third-order valence-corrected chi connectivity index (χ3v) is 4.97. The fourth-order valence-corrected chi connectivity index (χ4v) is 2.99. The Balaban J connectivity index is 1.60. The lowest BCUT2D eigenvalue weighted by Crippen LogP contribution is -2.23. The summed E-state index contributed by atoms with van der Waals surface area (Å²) >= 11 is 17.7. The zero-order chi connectivity index (χ0) is 20.1. The van der Waals surface area contributed by atoms with Gasteiger partial charge in [0.1, 0.15) is 0 Å². The molecule has 1 N–H and O–H groups in total. The number of rotatable bonds is 6. The van der Waals surface area contributed by atoms with Crippen LogP contribution in [0.15, 0.2) is 59.4 Å². The maximum atomic E-state index is 12.1. The minimum absolute atomic E-state index is 0.180. The number of nitrogens with one attached hydrogen (secondary N) is 1. The van der Waals surface area contributed by atoms with Crippen LogP contribution in [-0.4, -0.2) is 15.7 Å². The molecule has 0 saturated carbocycles. The van der Waals surface area contributed by atoms with E-state index in [1.165, 1.54) is 10.7 Å². The summed E-state index contributed by atoms with van der Waals surface area (Å²) in [5.41, 5.74) is 1.87. The Kier molecular flexibility index (Phi) is 6.73. The first-order valence-electron chi connectivity index (χ1n) is 8.51. The van der Waals surface area contributed by atoms with E-state index in [4.69, 9.17) is 34.8 Å². The van der Waals surface area contributed by atoms with Crippen molar-refractivity contribution in [2.75, 3.05) is 5.32 Å². The van der Waals surface area contributed by atoms with Crippen LogP contribution in [-0.2, 0) is 11.3 Å². The minimum atomic E-state index is -0.220. The molecule has 3 rings (SSSR count). The van der Waals surface area contributed by atoms with Crippen LogP contribution in [0.25, 0.3) is 11.3 Å². The van der Waals surface area contributed by atoms with Gasteiger partial charge in [-0.05, 0) is 42.8 Å². The first-order valence-corrected chi connectivity index (χ1v) is 9.65. The molecular formula is C20H16Cl3N3O2. The van der Waals surface area contributed by atoms with Gasteiger partial charge in [-0.3, -0.25) is 9.59 Å². The number of halogens is 3. The molecule has 0 fully saturated rings. The summed E-state index contributed by atoms with van der Waals surface area (Å²) < 4.78 is 1.36. The lowest BCUT2D eigenvalue weighted by atomic mass is 10.1. The highest BCUT2D eigenvalue weighted by atomic mass is 35.5. The van der Waals surface area contributed by atoms with Gasteiger partial charge in [-0.25, -0.2) is 4.68 Å². The smallest absolute Gasteiger partial charge is 0.266 e. The van der Waals surface area contributed by atoms with Crippen LogP contribution < -0.4 is 10.9 Å². The van der Waals surface area contributed by atoms with Gasteiger partial charge < -0.3 is 5.32 Å². The minimum Gasteiger partial charge on any atom is -0.326 e. The van der Waals surface area contributed by atoms with Gasteiger partial charge in [0.05, 0.1) is 15.7 Å². The molecule has 0 saturated heterocycles. The van der Waals surface area contributed by atoms with E-state index >= 15 is 0 Å². The molecule has 2 aromatic carbocycles. The number of benzene rings is 2. The first kappa shape index (κ1) is 20.4. The second-order valence-corrected chi connectivity index (χ2v) is 7.32. The Morgan fingerprint density at radius 1 is 0.964 bits per heavy atom. The van der Waals surface area contributed by atoms with Gasteiger partial charge in [0.2, 0.25) is 5.91 Å². The maximum absolute atomic E-state index is 12.1. The Hall–Kier alpha value is -2.34. The van der Waals surface area contributed by atoms with Crippen LogP contribution in [0.3, 0.4) is 0 Å². The SMILES string of the molecule is O=C(CCCn1nc(-c2ccc(Cl)cc2)ccc1=O)Nc1ccc(Cl)c(Cl)c1. The number of aromatic nitrogens is 2. The molecule has 0 spiro atoms. The number of carbonyl (C=O) groups excluding carboxylic acids is 1. The van der Waals surface area contributed by atoms with Crippen molar-refractivity contribution >= 4 is 46.4 Å². The van der Waals surface area contributed by atoms with E-state index in [1.807, 2.05) is 12.1 Å². The number of aryl methyl sites for hydroxylation is 1. The highest BCUT2D eigenvalue weighted by Gasteiger charge is 2.07. The molecule has 1 aromatic heterocycles. The summed E-state index contributed by atoms with van der Waals surface area (Å²) in [6.45, 7) is 0.328. The third-order valence-electron chi connectivity index (χ3n) is 3.98. The summed E-state index contributed by atoms with van der Waals surface area (Å²) in [4.78, 5) is 24.1. The maximum Gasteiger partial charge on any atom is 0.266 e. The van der Waals surface area contributed by atoms with Gasteiger partial charge in [0, 0.05) is 35.3 Å². The zero-order valence-electron chi connectivity index (χ0n) is 14.7. The van der Waals surface area contributed by atoms with Crippen LogP contribution in [0.4, 0.5) is 5.69 Å². The van der Waals surface area contributed by atoms with Gasteiger partial charge in [-0.15, -0.1) is 0 Å². The molecular weight excluding hydrogens is 421 g/mol. The van der Waals surface area contributed by atoms with Crippen LogP contribution >= 0.6 is 34.8 Å². The number of amides is 1. The van der Waals surface area contributed by atoms with E-state index in [9.17, 15) is 9.59 Å². The van der Waals surface area contributed by atoms with E-state index in [0.717, 1.165) is 5.56 Å². The molecule has 1 amide bonds. The highest BCUT2D eigenvalue weighted by molar-refractivity contribution is 6.42. The van der Waals surface area contributed by atoms with E-state index in [1.54, 1.807) is 36.4 Å². The van der Waals surface area contributed by atoms with Gasteiger partial charge in [-0.2, -0.15) is 5.10 Å². The number of anilines is 1. The van der Waals surface area contributed by atoms with Crippen LogP contribution in [0, 0.1) is 0 Å². The van der Waals surface area contributed by atoms with Gasteiger partial charge >= 0.3 is 0 Å². The van der Waals surface area contributed by atoms with Crippen molar-refractivity contribution in [2.45, 2.75) is 19.4 Å². The molecule has 144 valence electrons. The van der Waals surface area contributed by atoms with E-state index in [-0.39, 0.29) is 17.9 Å². The monoisotopic (exact) mass is 435 g/mol. The van der Waals surface area contributed by atoms with E-state index in [0.29, 0.717) is 39.4 Å². The lowest BCUT2D eigenvalue weighted by Gasteiger charge is -2.08. The van der Waals surface area contributed by atoms with Gasteiger partial charge in [0.15, 0.2) is 0 Å². The average Bonchev–Trinajstić information content (AvgIpc) is 2.67. The Morgan fingerprint density at radius 3 is 2.43 bits per heavy atom. The van der Waals surface area contributed by atoms with Crippen LogP contribution in [0.2, 0.25) is 15.1 Å². The van der Waals surface area contributed by atoms with Crippen molar-refractivity contribution in [3.8, 4) is 11.3 Å². The Morgan fingerprint density at radius 2 is 1.71 bits per heavy atom. The Bertz CT molecular complexity index is 1050. The zero-order valence-corrected chi connectivity index (χ0v) is 16.9. The van der Waals surface area contributed by atoms with Crippen molar-refractivity contribution in [3.63, 3.8) is 0 Å². The standard InChI is InChI=1S/C20H16Cl3N3O2/c21-14-5-3-13(4-6-14)18-9-10-20(28)26(25-18)11-1-2-19(27)24-15-7-8-16(22)17(23)12-15/h3-10,12H,1-2,11H2,(H,24,27). The van der Waals surface area contributed by atoms with Gasteiger partial charge in [-0.1, -0.05) is 46.9 Å². The van der Waals surface area contributed by atoms with Crippen molar-refractivity contribution in [1.82, 2.24) is 9.78 Å². The normalized spacial score (nSPS) is 10.7. The predicted molar refractivity (Wildman–Crippen MR) is 113 cm³/mol. The van der Waals surface area contributed by atoms with E-state index in [2.05, 4.69) is 10.4 Å². The molecule has 0 radical (unpaired) electrons. The third kappa shape index (κ3) is 5.35. The summed E-state index contributed by atoms with van der Waals surface area (Å²) in [5.74, 6) is -0.180. The highest BCUT2D eigenvalue weighted by Crippen LogP contribution is 2.25. The molecule has 0 atom stereocenters. The molecule has 0 aliphatic rings. The molecule has 0 aliphatic heterocycles. The van der Waals surface area contributed by atoms with Gasteiger partial charge in [0.25, 0.3) is 5.56 Å². The summed E-state index contributed by atoms with van der Waals surface area (Å²) in [7, 11) is 0. The molecule has 0 bridgehead atoms. The molecule has 3 aromatic rings. The fourth-order valence-electron chi connectivity index (χ4n) is 2.57. The van der Waals surface area contributed by atoms with Crippen LogP contribution in [0.5, 0.6) is 0 Å².